The molecule has 0 saturated carbocycles. The summed E-state index contributed by atoms with van der Waals surface area (Å²) in [5.41, 5.74) is 3.78. The number of hydrazone groups is 1. The molecule has 0 saturated heterocycles. The third-order valence-corrected chi connectivity index (χ3v) is 3.64. The topological polar surface area (TPSA) is 79.8 Å². The van der Waals surface area contributed by atoms with E-state index in [1.54, 1.807) is 62.4 Å². The Bertz CT molecular complexity index is 789. The highest BCUT2D eigenvalue weighted by molar-refractivity contribution is 6.33. The number of rotatable bonds is 7. The lowest BCUT2D eigenvalue weighted by Gasteiger charge is -2.08. The van der Waals surface area contributed by atoms with Crippen molar-refractivity contribution in [3.63, 3.8) is 0 Å². The number of anilines is 1. The lowest BCUT2D eigenvalue weighted by Crippen LogP contribution is -2.22. The highest BCUT2D eigenvalue weighted by Gasteiger charge is 2.06. The Balaban J connectivity index is 1.81. The minimum Gasteiger partial charge on any atom is -0.484 e. The second kappa shape index (κ2) is 9.58. The summed E-state index contributed by atoms with van der Waals surface area (Å²) >= 11 is 5.99. The Morgan fingerprint density at radius 3 is 2.50 bits per heavy atom. The Morgan fingerprint density at radius 2 is 1.85 bits per heavy atom. The number of amides is 2. The van der Waals surface area contributed by atoms with Crippen molar-refractivity contribution in [1.29, 1.82) is 0 Å². The Hall–Kier alpha value is -2.86. The van der Waals surface area contributed by atoms with Gasteiger partial charge in [0.2, 0.25) is 5.91 Å². The van der Waals surface area contributed by atoms with Gasteiger partial charge in [-0.05, 0) is 42.0 Å². The van der Waals surface area contributed by atoms with Crippen LogP contribution in [0, 0.1) is 5.92 Å². The van der Waals surface area contributed by atoms with Crippen LogP contribution in [-0.4, -0.2) is 24.6 Å². The third kappa shape index (κ3) is 6.22. The predicted molar refractivity (Wildman–Crippen MR) is 103 cm³/mol. The van der Waals surface area contributed by atoms with Crippen LogP contribution in [0.3, 0.4) is 0 Å². The number of carbonyl (C=O) groups is 2. The maximum atomic E-state index is 11.9. The molecule has 136 valence electrons. The summed E-state index contributed by atoms with van der Waals surface area (Å²) < 4.78 is 5.44. The number of para-hydroxylation sites is 1. The van der Waals surface area contributed by atoms with Crippen LogP contribution in [0.2, 0.25) is 5.02 Å². The molecule has 0 radical (unpaired) electrons. The largest absolute Gasteiger partial charge is 0.484 e. The van der Waals surface area contributed by atoms with Crippen molar-refractivity contribution >= 4 is 35.3 Å². The van der Waals surface area contributed by atoms with Gasteiger partial charge in [0.15, 0.2) is 6.61 Å². The quantitative estimate of drug-likeness (QED) is 0.576. The molecule has 6 nitrogen and oxygen atoms in total. The molecule has 0 aliphatic carbocycles. The van der Waals surface area contributed by atoms with Gasteiger partial charge in [-0.15, -0.1) is 0 Å². The fraction of sp³-hybridized carbons (Fsp3) is 0.211. The first-order chi connectivity index (χ1) is 12.5. The van der Waals surface area contributed by atoms with Crippen molar-refractivity contribution < 1.29 is 14.3 Å². The smallest absolute Gasteiger partial charge is 0.262 e. The van der Waals surface area contributed by atoms with E-state index in [4.69, 9.17) is 16.3 Å². The van der Waals surface area contributed by atoms with E-state index in [0.29, 0.717) is 16.5 Å². The highest BCUT2D eigenvalue weighted by Crippen LogP contribution is 2.20. The molecule has 0 spiro atoms. The molecule has 2 amide bonds. The molecule has 0 aromatic heterocycles. The fourth-order valence-electron chi connectivity index (χ4n) is 1.85. The van der Waals surface area contributed by atoms with Gasteiger partial charge in [-0.3, -0.25) is 9.59 Å². The lowest BCUT2D eigenvalue weighted by molar-refractivity contribution is -0.124. The first-order valence-electron chi connectivity index (χ1n) is 8.06. The van der Waals surface area contributed by atoms with Crippen molar-refractivity contribution in [3.05, 3.63) is 59.1 Å². The first kappa shape index (κ1) is 19.5. The first-order valence-corrected chi connectivity index (χ1v) is 8.43. The van der Waals surface area contributed by atoms with Gasteiger partial charge in [0.05, 0.1) is 16.9 Å². The van der Waals surface area contributed by atoms with E-state index in [-0.39, 0.29) is 24.3 Å². The molecule has 0 heterocycles. The maximum absolute atomic E-state index is 11.9. The van der Waals surface area contributed by atoms with Crippen LogP contribution >= 0.6 is 11.6 Å². The molecule has 2 rings (SSSR count). The number of carbonyl (C=O) groups excluding carboxylic acids is 2. The van der Waals surface area contributed by atoms with Crippen LogP contribution in [0.15, 0.2) is 53.6 Å². The maximum Gasteiger partial charge on any atom is 0.262 e. The van der Waals surface area contributed by atoms with Gasteiger partial charge in [0.1, 0.15) is 5.75 Å². The lowest BCUT2D eigenvalue weighted by atomic mass is 10.2. The van der Waals surface area contributed by atoms with Gasteiger partial charge >= 0.3 is 0 Å². The number of hydrogen-bond acceptors (Lipinski definition) is 4. The van der Waals surface area contributed by atoms with E-state index in [0.717, 1.165) is 5.56 Å². The monoisotopic (exact) mass is 373 g/mol. The summed E-state index contributed by atoms with van der Waals surface area (Å²) in [6.45, 7) is 3.45. The van der Waals surface area contributed by atoms with E-state index in [9.17, 15) is 9.59 Å². The second-order valence-electron chi connectivity index (χ2n) is 5.77. The van der Waals surface area contributed by atoms with Gasteiger partial charge in [-0.2, -0.15) is 5.10 Å². The molecule has 2 aromatic carbocycles. The molecule has 0 aliphatic heterocycles. The van der Waals surface area contributed by atoms with Crippen molar-refractivity contribution in [2.24, 2.45) is 11.0 Å². The van der Waals surface area contributed by atoms with E-state index in [1.165, 1.54) is 6.21 Å². The highest BCUT2D eigenvalue weighted by atomic mass is 35.5. The Kier molecular flexibility index (Phi) is 7.17. The molecular formula is C19H20ClN3O3. The third-order valence-electron chi connectivity index (χ3n) is 3.31. The van der Waals surface area contributed by atoms with Crippen LogP contribution < -0.4 is 15.5 Å². The van der Waals surface area contributed by atoms with Crippen LogP contribution in [0.25, 0.3) is 0 Å². The summed E-state index contributed by atoms with van der Waals surface area (Å²) in [6.07, 6.45) is 1.54. The Morgan fingerprint density at radius 1 is 1.15 bits per heavy atom. The number of hydrogen-bond donors (Lipinski definition) is 2. The molecule has 0 atom stereocenters. The average Bonchev–Trinajstić information content (AvgIpc) is 2.63. The number of ether oxygens (including phenoxy) is 1. The number of nitrogens with zero attached hydrogens (tertiary/aromatic N) is 1. The molecule has 0 fully saturated rings. The van der Waals surface area contributed by atoms with Crippen molar-refractivity contribution in [2.45, 2.75) is 13.8 Å². The molecule has 0 unspecified atom stereocenters. The van der Waals surface area contributed by atoms with Crippen LogP contribution in [-0.2, 0) is 9.59 Å². The van der Waals surface area contributed by atoms with Crippen molar-refractivity contribution in [1.82, 2.24) is 5.43 Å². The summed E-state index contributed by atoms with van der Waals surface area (Å²) in [7, 11) is 0. The predicted octanol–water partition coefficient (Wildman–Crippen LogP) is 3.46. The van der Waals surface area contributed by atoms with Crippen LogP contribution in [0.5, 0.6) is 5.75 Å². The summed E-state index contributed by atoms with van der Waals surface area (Å²) in [6, 6.07) is 14.0. The zero-order valence-electron chi connectivity index (χ0n) is 14.5. The molecule has 2 aromatic rings. The summed E-state index contributed by atoms with van der Waals surface area (Å²) in [5, 5.41) is 7.03. The van der Waals surface area contributed by atoms with Gasteiger partial charge in [-0.1, -0.05) is 37.6 Å². The standard InChI is InChI=1S/C19H20ClN3O3/c1-13(2)19(25)23-21-11-14-7-9-15(10-8-14)26-12-18(24)22-17-6-4-3-5-16(17)20/h3-11,13H,12H2,1-2H3,(H,22,24)(H,23,25)/b21-11+. The molecule has 26 heavy (non-hydrogen) atoms. The summed E-state index contributed by atoms with van der Waals surface area (Å²) in [5.74, 6) is -0.0339. The number of benzene rings is 2. The van der Waals surface area contributed by atoms with E-state index >= 15 is 0 Å². The molecule has 0 bridgehead atoms. The number of nitrogens with one attached hydrogen (secondary N) is 2. The second-order valence-corrected chi connectivity index (χ2v) is 6.18. The van der Waals surface area contributed by atoms with Crippen molar-refractivity contribution in [2.75, 3.05) is 11.9 Å². The van der Waals surface area contributed by atoms with E-state index < -0.39 is 0 Å². The van der Waals surface area contributed by atoms with Crippen LogP contribution in [0.4, 0.5) is 5.69 Å². The minimum atomic E-state index is -0.305. The van der Waals surface area contributed by atoms with Gasteiger partial charge in [0.25, 0.3) is 5.91 Å². The minimum absolute atomic E-state index is 0.125. The van der Waals surface area contributed by atoms with E-state index in [1.807, 2.05) is 0 Å². The van der Waals surface area contributed by atoms with Crippen LogP contribution in [0.1, 0.15) is 19.4 Å². The SMILES string of the molecule is CC(C)C(=O)N/N=C/c1ccc(OCC(=O)Nc2ccccc2Cl)cc1. The normalized spacial score (nSPS) is 10.8. The summed E-state index contributed by atoms with van der Waals surface area (Å²) in [4.78, 5) is 23.3. The van der Waals surface area contributed by atoms with Gasteiger partial charge in [0, 0.05) is 5.92 Å². The van der Waals surface area contributed by atoms with Crippen molar-refractivity contribution in [3.8, 4) is 5.75 Å². The zero-order chi connectivity index (χ0) is 18.9. The zero-order valence-corrected chi connectivity index (χ0v) is 15.3. The molecule has 0 aliphatic rings. The Labute approximate surface area is 157 Å². The number of halogens is 1. The van der Waals surface area contributed by atoms with E-state index in [2.05, 4.69) is 15.8 Å². The molecular weight excluding hydrogens is 354 g/mol. The molecule has 7 heteroatoms. The fourth-order valence-corrected chi connectivity index (χ4v) is 2.03. The molecule has 2 N–H and O–H groups in total. The average molecular weight is 374 g/mol. The van der Waals surface area contributed by atoms with Gasteiger partial charge in [-0.25, -0.2) is 5.43 Å². The van der Waals surface area contributed by atoms with Gasteiger partial charge < -0.3 is 10.1 Å².